The van der Waals surface area contributed by atoms with Crippen LogP contribution in [0.1, 0.15) is 18.3 Å². The van der Waals surface area contributed by atoms with E-state index >= 15 is 0 Å². The van der Waals surface area contributed by atoms with Gasteiger partial charge in [0.05, 0.1) is 27.0 Å². The highest BCUT2D eigenvalue weighted by Gasteiger charge is 2.09. The largest absolute Gasteiger partial charge is 0.497 e. The van der Waals surface area contributed by atoms with E-state index in [1.807, 2.05) is 37.3 Å². The normalized spacial score (nSPS) is 11.3. The van der Waals surface area contributed by atoms with Crippen molar-refractivity contribution in [2.24, 2.45) is 4.99 Å². The Balaban J connectivity index is 1.57. The van der Waals surface area contributed by atoms with Crippen molar-refractivity contribution in [3.8, 4) is 23.1 Å². The van der Waals surface area contributed by atoms with Gasteiger partial charge in [0.15, 0.2) is 11.7 Å². The first-order valence-electron chi connectivity index (χ1n) is 9.41. The van der Waals surface area contributed by atoms with E-state index in [-0.39, 0.29) is 0 Å². The van der Waals surface area contributed by atoms with Crippen molar-refractivity contribution in [3.05, 3.63) is 48.0 Å². The highest BCUT2D eigenvalue weighted by atomic mass is 16.5. The number of H-pyrrole nitrogens is 1. The standard InChI is InChI=1S/C20H26N6O3/c1-4-21-20(23-13-14-7-8-15(27-2)12-17(14)28-3)22-10-9-18-24-19(26-25-18)16-6-5-11-29-16/h5-8,11-12H,4,9-10,13H2,1-3H3,(H2,21,22,23)(H,24,25,26). The van der Waals surface area contributed by atoms with E-state index in [4.69, 9.17) is 13.9 Å². The highest BCUT2D eigenvalue weighted by Crippen LogP contribution is 2.25. The minimum atomic E-state index is 0.480. The Morgan fingerprint density at radius 3 is 2.83 bits per heavy atom. The monoisotopic (exact) mass is 398 g/mol. The lowest BCUT2D eigenvalue weighted by Gasteiger charge is -2.12. The number of hydrogen-bond donors (Lipinski definition) is 3. The first kappa shape index (κ1) is 20.2. The Morgan fingerprint density at radius 2 is 2.10 bits per heavy atom. The minimum Gasteiger partial charge on any atom is -0.497 e. The number of hydrogen-bond acceptors (Lipinski definition) is 6. The van der Waals surface area contributed by atoms with Gasteiger partial charge in [0.25, 0.3) is 0 Å². The molecule has 0 amide bonds. The lowest BCUT2D eigenvalue weighted by molar-refractivity contribution is 0.391. The molecule has 154 valence electrons. The molecule has 0 saturated carbocycles. The second kappa shape index (κ2) is 10.2. The zero-order chi connectivity index (χ0) is 20.5. The van der Waals surface area contributed by atoms with Crippen molar-refractivity contribution in [3.63, 3.8) is 0 Å². The SMILES string of the molecule is CCNC(=NCc1ccc(OC)cc1OC)NCCc1nc(-c2ccco2)n[nH]1. The first-order valence-corrected chi connectivity index (χ1v) is 9.41. The third-order valence-corrected chi connectivity index (χ3v) is 4.17. The Kier molecular flexibility index (Phi) is 7.10. The molecule has 0 spiro atoms. The molecule has 0 aliphatic rings. The van der Waals surface area contributed by atoms with Crippen LogP contribution in [0.15, 0.2) is 46.0 Å². The van der Waals surface area contributed by atoms with Crippen LogP contribution in [0.3, 0.4) is 0 Å². The van der Waals surface area contributed by atoms with Crippen LogP contribution in [0.25, 0.3) is 11.6 Å². The van der Waals surface area contributed by atoms with Crippen LogP contribution in [0, 0.1) is 0 Å². The lowest BCUT2D eigenvalue weighted by atomic mass is 10.2. The molecule has 0 fully saturated rings. The zero-order valence-corrected chi connectivity index (χ0v) is 16.9. The molecule has 3 aromatic rings. The van der Waals surface area contributed by atoms with E-state index in [1.54, 1.807) is 20.5 Å². The molecule has 1 aromatic carbocycles. The number of nitrogens with zero attached hydrogens (tertiary/aromatic N) is 3. The summed E-state index contributed by atoms with van der Waals surface area (Å²) in [5.74, 6) is 4.19. The maximum absolute atomic E-state index is 5.43. The summed E-state index contributed by atoms with van der Waals surface area (Å²) in [6.45, 7) is 3.92. The summed E-state index contributed by atoms with van der Waals surface area (Å²) >= 11 is 0. The molecular formula is C20H26N6O3. The summed E-state index contributed by atoms with van der Waals surface area (Å²) in [6, 6.07) is 9.34. The molecule has 9 nitrogen and oxygen atoms in total. The molecule has 0 saturated heterocycles. The van der Waals surface area contributed by atoms with Gasteiger partial charge in [-0.25, -0.2) is 9.98 Å². The number of furan rings is 1. The van der Waals surface area contributed by atoms with Crippen molar-refractivity contribution in [1.82, 2.24) is 25.8 Å². The Hall–Kier alpha value is -3.49. The second-order valence-electron chi connectivity index (χ2n) is 6.13. The van der Waals surface area contributed by atoms with E-state index in [2.05, 4.69) is 30.8 Å². The third kappa shape index (κ3) is 5.50. The summed E-state index contributed by atoms with van der Waals surface area (Å²) in [4.78, 5) is 9.08. The fourth-order valence-corrected chi connectivity index (χ4v) is 2.71. The van der Waals surface area contributed by atoms with Gasteiger partial charge in [0.2, 0.25) is 5.82 Å². The van der Waals surface area contributed by atoms with E-state index in [1.165, 1.54) is 0 Å². The van der Waals surface area contributed by atoms with E-state index in [0.29, 0.717) is 31.1 Å². The maximum Gasteiger partial charge on any atom is 0.216 e. The molecule has 0 aliphatic carbocycles. The lowest BCUT2D eigenvalue weighted by Crippen LogP contribution is -2.38. The predicted octanol–water partition coefficient (Wildman–Crippen LogP) is 2.38. The first-order chi connectivity index (χ1) is 14.2. The highest BCUT2D eigenvalue weighted by molar-refractivity contribution is 5.79. The van der Waals surface area contributed by atoms with Crippen LogP contribution in [0.2, 0.25) is 0 Å². The maximum atomic E-state index is 5.43. The summed E-state index contributed by atoms with van der Waals surface area (Å²) < 4.78 is 16.0. The molecule has 0 bridgehead atoms. The molecule has 3 N–H and O–H groups in total. The fraction of sp³-hybridized carbons (Fsp3) is 0.350. The van der Waals surface area contributed by atoms with Crippen molar-refractivity contribution < 1.29 is 13.9 Å². The van der Waals surface area contributed by atoms with Crippen molar-refractivity contribution in [2.45, 2.75) is 19.9 Å². The average molecular weight is 398 g/mol. The van der Waals surface area contributed by atoms with Crippen LogP contribution in [0.5, 0.6) is 11.5 Å². The van der Waals surface area contributed by atoms with Gasteiger partial charge in [-0.1, -0.05) is 0 Å². The molecule has 0 unspecified atom stereocenters. The average Bonchev–Trinajstić information content (AvgIpc) is 3.43. The third-order valence-electron chi connectivity index (χ3n) is 4.17. The van der Waals surface area contributed by atoms with Crippen LogP contribution < -0.4 is 20.1 Å². The van der Waals surface area contributed by atoms with Crippen LogP contribution in [0.4, 0.5) is 0 Å². The van der Waals surface area contributed by atoms with Crippen LogP contribution in [-0.2, 0) is 13.0 Å². The molecule has 3 rings (SSSR count). The Labute approximate surface area is 169 Å². The number of aliphatic imine (C=N–C) groups is 1. The summed E-state index contributed by atoms with van der Waals surface area (Å²) in [6.07, 6.45) is 2.27. The second-order valence-corrected chi connectivity index (χ2v) is 6.13. The molecule has 2 aromatic heterocycles. The number of rotatable bonds is 9. The topological polar surface area (TPSA) is 110 Å². The van der Waals surface area contributed by atoms with Crippen molar-refractivity contribution in [1.29, 1.82) is 0 Å². The van der Waals surface area contributed by atoms with E-state index in [9.17, 15) is 0 Å². The Bertz CT molecular complexity index is 920. The van der Waals surface area contributed by atoms with E-state index in [0.717, 1.165) is 35.4 Å². The van der Waals surface area contributed by atoms with Gasteiger partial charge in [-0.2, -0.15) is 5.10 Å². The van der Waals surface area contributed by atoms with Crippen molar-refractivity contribution in [2.75, 3.05) is 27.3 Å². The number of aromatic amines is 1. The summed E-state index contributed by atoms with van der Waals surface area (Å²) in [5, 5.41) is 13.7. The van der Waals surface area contributed by atoms with Crippen molar-refractivity contribution >= 4 is 5.96 Å². The van der Waals surface area contributed by atoms with Crippen LogP contribution >= 0.6 is 0 Å². The Morgan fingerprint density at radius 1 is 1.21 bits per heavy atom. The van der Waals surface area contributed by atoms with Gasteiger partial charge < -0.3 is 24.5 Å². The molecule has 9 heteroatoms. The van der Waals surface area contributed by atoms with Gasteiger partial charge >= 0.3 is 0 Å². The summed E-state index contributed by atoms with van der Waals surface area (Å²) in [5.41, 5.74) is 0.976. The fourth-order valence-electron chi connectivity index (χ4n) is 2.71. The number of methoxy groups -OCH3 is 2. The van der Waals surface area contributed by atoms with E-state index < -0.39 is 0 Å². The molecular weight excluding hydrogens is 372 g/mol. The predicted molar refractivity (Wildman–Crippen MR) is 110 cm³/mol. The van der Waals surface area contributed by atoms with Gasteiger partial charge in [-0.15, -0.1) is 0 Å². The van der Waals surface area contributed by atoms with Gasteiger partial charge in [-0.05, 0) is 31.2 Å². The summed E-state index contributed by atoms with van der Waals surface area (Å²) in [7, 11) is 3.27. The minimum absolute atomic E-state index is 0.480. The number of nitrogens with one attached hydrogen (secondary N) is 3. The van der Waals surface area contributed by atoms with Crippen LogP contribution in [-0.4, -0.2) is 48.5 Å². The molecule has 0 aliphatic heterocycles. The van der Waals surface area contributed by atoms with Gasteiger partial charge in [0, 0.05) is 31.1 Å². The molecule has 0 atom stereocenters. The zero-order valence-electron chi connectivity index (χ0n) is 16.9. The number of benzene rings is 1. The molecule has 29 heavy (non-hydrogen) atoms. The molecule has 2 heterocycles. The number of guanidine groups is 1. The van der Waals surface area contributed by atoms with Gasteiger partial charge in [-0.3, -0.25) is 5.10 Å². The smallest absolute Gasteiger partial charge is 0.216 e. The number of ether oxygens (including phenoxy) is 2. The molecule has 0 radical (unpaired) electrons. The van der Waals surface area contributed by atoms with Gasteiger partial charge in [0.1, 0.15) is 17.3 Å². The number of aromatic nitrogens is 3. The quantitative estimate of drug-likeness (QED) is 0.375.